The van der Waals surface area contributed by atoms with Gasteiger partial charge < -0.3 is 0 Å². The summed E-state index contributed by atoms with van der Waals surface area (Å²) in [6.07, 6.45) is 4.41. The first-order valence-electron chi connectivity index (χ1n) is 6.30. The lowest BCUT2D eigenvalue weighted by Crippen LogP contribution is -2.31. The fourth-order valence-electron chi connectivity index (χ4n) is 2.29. The molecular formula is C14H12IN3O2. The van der Waals surface area contributed by atoms with Crippen LogP contribution in [0, 0.1) is 3.57 Å². The third-order valence-electron chi connectivity index (χ3n) is 3.25. The average Bonchev–Trinajstić information content (AvgIpc) is 2.97. The zero-order valence-corrected chi connectivity index (χ0v) is 12.8. The summed E-state index contributed by atoms with van der Waals surface area (Å²) in [5, 5.41) is 4.18. The van der Waals surface area contributed by atoms with E-state index in [1.54, 1.807) is 30.5 Å². The molecule has 2 heterocycles. The van der Waals surface area contributed by atoms with Crippen molar-refractivity contribution in [3.8, 4) is 0 Å². The number of aromatic nitrogens is 2. The lowest BCUT2D eigenvalue weighted by atomic mass is 10.1. The Bertz CT molecular complexity index is 646. The molecular weight excluding hydrogens is 369 g/mol. The van der Waals surface area contributed by atoms with Gasteiger partial charge in [0.2, 0.25) is 0 Å². The predicted octanol–water partition coefficient (Wildman–Crippen LogP) is 2.17. The molecule has 2 amide bonds. The highest BCUT2D eigenvalue weighted by atomic mass is 127. The van der Waals surface area contributed by atoms with E-state index >= 15 is 0 Å². The summed E-state index contributed by atoms with van der Waals surface area (Å²) < 4.78 is 2.89. The molecule has 1 aliphatic heterocycles. The van der Waals surface area contributed by atoms with E-state index in [2.05, 4.69) is 27.7 Å². The number of hydrogen-bond donors (Lipinski definition) is 0. The van der Waals surface area contributed by atoms with Crippen LogP contribution in [-0.4, -0.2) is 33.0 Å². The molecule has 5 nitrogen and oxygen atoms in total. The molecule has 1 aromatic carbocycles. The Kier molecular flexibility index (Phi) is 3.56. The van der Waals surface area contributed by atoms with Gasteiger partial charge in [-0.2, -0.15) is 5.10 Å². The zero-order chi connectivity index (χ0) is 14.1. The fourth-order valence-corrected chi connectivity index (χ4v) is 2.74. The van der Waals surface area contributed by atoms with Gasteiger partial charge in [0.25, 0.3) is 11.8 Å². The molecule has 6 heteroatoms. The third kappa shape index (κ3) is 2.35. The second-order valence-electron chi connectivity index (χ2n) is 4.58. The van der Waals surface area contributed by atoms with E-state index in [1.807, 2.05) is 10.9 Å². The van der Waals surface area contributed by atoms with Crippen molar-refractivity contribution in [3.05, 3.63) is 51.4 Å². The van der Waals surface area contributed by atoms with Crippen molar-refractivity contribution in [2.75, 3.05) is 6.54 Å². The van der Waals surface area contributed by atoms with Crippen LogP contribution in [0.3, 0.4) is 0 Å². The van der Waals surface area contributed by atoms with Crippen LogP contribution in [0.4, 0.5) is 0 Å². The van der Waals surface area contributed by atoms with E-state index in [0.717, 1.165) is 3.57 Å². The number of rotatable bonds is 4. The molecule has 0 bridgehead atoms. The molecule has 2 aromatic rings. The molecule has 0 aliphatic carbocycles. The van der Waals surface area contributed by atoms with Crippen LogP contribution in [0.5, 0.6) is 0 Å². The lowest BCUT2D eigenvalue weighted by Gasteiger charge is -2.13. The number of aryl methyl sites for hydroxylation is 1. The van der Waals surface area contributed by atoms with Gasteiger partial charge in [0.15, 0.2) is 0 Å². The van der Waals surface area contributed by atoms with Gasteiger partial charge >= 0.3 is 0 Å². The Morgan fingerprint density at radius 2 is 1.70 bits per heavy atom. The van der Waals surface area contributed by atoms with Crippen LogP contribution in [0.1, 0.15) is 27.1 Å². The first kappa shape index (κ1) is 13.3. The number of nitrogens with zero attached hydrogens (tertiary/aromatic N) is 3. The Morgan fingerprint density at radius 3 is 2.25 bits per heavy atom. The van der Waals surface area contributed by atoms with Crippen molar-refractivity contribution in [2.45, 2.75) is 13.0 Å². The summed E-state index contributed by atoms with van der Waals surface area (Å²) in [7, 11) is 0. The minimum Gasteiger partial charge on any atom is -0.274 e. The second kappa shape index (κ2) is 5.35. The molecule has 0 unspecified atom stereocenters. The molecule has 1 aromatic heterocycles. The molecule has 0 fully saturated rings. The van der Waals surface area contributed by atoms with Crippen molar-refractivity contribution < 1.29 is 9.59 Å². The maximum absolute atomic E-state index is 12.1. The van der Waals surface area contributed by atoms with Gasteiger partial charge in [-0.05, 0) is 41.1 Å². The van der Waals surface area contributed by atoms with Crippen molar-refractivity contribution in [1.29, 1.82) is 0 Å². The van der Waals surface area contributed by atoms with Crippen LogP contribution >= 0.6 is 22.6 Å². The molecule has 0 saturated carbocycles. The molecule has 20 heavy (non-hydrogen) atoms. The normalized spacial score (nSPS) is 13.9. The summed E-state index contributed by atoms with van der Waals surface area (Å²) >= 11 is 2.20. The molecule has 0 spiro atoms. The first-order valence-corrected chi connectivity index (χ1v) is 7.38. The summed E-state index contributed by atoms with van der Waals surface area (Å²) in [5.41, 5.74) is 1.01. The highest BCUT2D eigenvalue weighted by Crippen LogP contribution is 2.22. The lowest BCUT2D eigenvalue weighted by molar-refractivity contribution is 0.0650. The van der Waals surface area contributed by atoms with E-state index in [1.165, 1.54) is 4.90 Å². The molecule has 1 aliphatic rings. The number of fused-ring (bicyclic) bond motifs is 1. The fraction of sp³-hybridized carbons (Fsp3) is 0.214. The SMILES string of the molecule is O=C1c2ccccc2C(=O)N1CCCn1cc(I)cn1. The Morgan fingerprint density at radius 1 is 1.05 bits per heavy atom. The van der Waals surface area contributed by atoms with E-state index in [-0.39, 0.29) is 11.8 Å². The Hall–Kier alpha value is -1.70. The number of benzene rings is 1. The molecule has 102 valence electrons. The van der Waals surface area contributed by atoms with Crippen molar-refractivity contribution in [2.24, 2.45) is 0 Å². The van der Waals surface area contributed by atoms with E-state index in [4.69, 9.17) is 0 Å². The maximum atomic E-state index is 12.1. The van der Waals surface area contributed by atoms with Crippen molar-refractivity contribution in [3.63, 3.8) is 0 Å². The van der Waals surface area contributed by atoms with Gasteiger partial charge in [0, 0.05) is 19.3 Å². The summed E-state index contributed by atoms with van der Waals surface area (Å²) in [5.74, 6) is -0.388. The van der Waals surface area contributed by atoms with Crippen molar-refractivity contribution >= 4 is 34.4 Å². The number of carbonyl (C=O) groups excluding carboxylic acids is 2. The molecule has 0 N–H and O–H groups in total. The quantitative estimate of drug-likeness (QED) is 0.603. The Labute approximate surface area is 129 Å². The van der Waals surface area contributed by atoms with Crippen LogP contribution in [-0.2, 0) is 6.54 Å². The van der Waals surface area contributed by atoms with Gasteiger partial charge in [0.1, 0.15) is 0 Å². The van der Waals surface area contributed by atoms with Gasteiger partial charge in [0.05, 0.1) is 20.9 Å². The van der Waals surface area contributed by atoms with Gasteiger partial charge in [-0.25, -0.2) is 0 Å². The monoisotopic (exact) mass is 381 g/mol. The Balaban J connectivity index is 1.65. The minimum absolute atomic E-state index is 0.194. The van der Waals surface area contributed by atoms with Crippen LogP contribution in [0.15, 0.2) is 36.7 Å². The van der Waals surface area contributed by atoms with Gasteiger partial charge in [-0.3, -0.25) is 19.2 Å². The maximum Gasteiger partial charge on any atom is 0.261 e. The largest absolute Gasteiger partial charge is 0.274 e. The van der Waals surface area contributed by atoms with Crippen LogP contribution in [0.25, 0.3) is 0 Å². The second-order valence-corrected chi connectivity index (χ2v) is 5.83. The number of amides is 2. The average molecular weight is 381 g/mol. The third-order valence-corrected chi connectivity index (χ3v) is 3.81. The molecule has 3 rings (SSSR count). The van der Waals surface area contributed by atoms with Gasteiger partial charge in [-0.1, -0.05) is 12.1 Å². The molecule has 0 atom stereocenters. The summed E-state index contributed by atoms with van der Waals surface area (Å²) in [4.78, 5) is 25.6. The molecule has 0 saturated heterocycles. The molecule has 0 radical (unpaired) electrons. The highest BCUT2D eigenvalue weighted by molar-refractivity contribution is 14.1. The first-order chi connectivity index (χ1) is 9.66. The standard InChI is InChI=1S/C14H12IN3O2/c15-10-8-16-17(9-10)6-3-7-18-13(19)11-4-1-2-5-12(11)14(18)20/h1-2,4-5,8-9H,3,6-7H2. The van der Waals surface area contributed by atoms with Crippen molar-refractivity contribution in [1.82, 2.24) is 14.7 Å². The zero-order valence-electron chi connectivity index (χ0n) is 10.6. The number of imide groups is 1. The smallest absolute Gasteiger partial charge is 0.261 e. The predicted molar refractivity (Wildman–Crippen MR) is 81.4 cm³/mol. The van der Waals surface area contributed by atoms with Gasteiger partial charge in [-0.15, -0.1) is 0 Å². The number of hydrogen-bond acceptors (Lipinski definition) is 3. The summed E-state index contributed by atoms with van der Waals surface area (Å²) in [6.45, 7) is 1.11. The van der Waals surface area contributed by atoms with E-state index in [9.17, 15) is 9.59 Å². The number of carbonyl (C=O) groups is 2. The van der Waals surface area contributed by atoms with Crippen LogP contribution < -0.4 is 0 Å². The summed E-state index contributed by atoms with van der Waals surface area (Å²) in [6, 6.07) is 6.95. The topological polar surface area (TPSA) is 55.2 Å². The highest BCUT2D eigenvalue weighted by Gasteiger charge is 2.34. The minimum atomic E-state index is -0.194. The number of halogens is 1. The van der Waals surface area contributed by atoms with Crippen LogP contribution in [0.2, 0.25) is 0 Å². The van der Waals surface area contributed by atoms with E-state index in [0.29, 0.717) is 30.6 Å². The van der Waals surface area contributed by atoms with E-state index < -0.39 is 0 Å².